The molecule has 0 radical (unpaired) electrons. The largest absolute Gasteiger partial charge is 0.380 e. The molecular weight excluding hydrogens is 314 g/mol. The molecule has 0 bridgehead atoms. The van der Waals surface area contributed by atoms with E-state index < -0.39 is 17.2 Å². The number of hydrogen-bond donors (Lipinski definition) is 1. The van der Waals surface area contributed by atoms with Crippen LogP contribution in [0, 0.1) is 11.6 Å². The maximum absolute atomic E-state index is 13.9. The molecule has 1 unspecified atom stereocenters. The molecule has 19 heavy (non-hydrogen) atoms. The highest BCUT2D eigenvalue weighted by Gasteiger charge is 2.33. The summed E-state index contributed by atoms with van der Waals surface area (Å²) < 4.78 is 28.0. The van der Waals surface area contributed by atoms with Crippen LogP contribution in [0.15, 0.2) is 46.9 Å². The Bertz CT molecular complexity index is 600. The summed E-state index contributed by atoms with van der Waals surface area (Å²) in [4.78, 5) is 0. The van der Waals surface area contributed by atoms with E-state index in [9.17, 15) is 13.9 Å². The van der Waals surface area contributed by atoms with Crippen LogP contribution >= 0.6 is 15.9 Å². The Morgan fingerprint density at radius 3 is 2.47 bits per heavy atom. The summed E-state index contributed by atoms with van der Waals surface area (Å²) in [6, 6.07) is 10.8. The predicted octanol–water partition coefficient (Wildman–Crippen LogP) is 4.37. The molecule has 1 nitrogen and oxygen atoms in total. The topological polar surface area (TPSA) is 20.2 Å². The van der Waals surface area contributed by atoms with Gasteiger partial charge in [0.15, 0.2) is 11.6 Å². The van der Waals surface area contributed by atoms with Crippen molar-refractivity contribution in [1.29, 1.82) is 0 Å². The van der Waals surface area contributed by atoms with Crippen molar-refractivity contribution in [2.24, 2.45) is 0 Å². The highest BCUT2D eigenvalue weighted by Crippen LogP contribution is 2.35. The lowest BCUT2D eigenvalue weighted by atomic mass is 9.84. The van der Waals surface area contributed by atoms with E-state index >= 15 is 0 Å². The maximum Gasteiger partial charge on any atom is 0.165 e. The third-order valence-electron chi connectivity index (χ3n) is 3.21. The molecule has 0 aliphatic rings. The SMILES string of the molecule is CCC(O)(c1cccc(Br)c1)c1cccc(F)c1F. The molecule has 4 heteroatoms. The first kappa shape index (κ1) is 14.2. The van der Waals surface area contributed by atoms with E-state index in [1.54, 1.807) is 25.1 Å². The Labute approximate surface area is 119 Å². The first-order valence-electron chi connectivity index (χ1n) is 5.92. The number of benzene rings is 2. The molecule has 1 N–H and O–H groups in total. The Balaban J connectivity index is 2.63. The van der Waals surface area contributed by atoms with E-state index in [1.165, 1.54) is 12.1 Å². The van der Waals surface area contributed by atoms with Crippen LogP contribution in [-0.2, 0) is 5.60 Å². The van der Waals surface area contributed by atoms with Crippen molar-refractivity contribution in [3.63, 3.8) is 0 Å². The molecule has 1 atom stereocenters. The van der Waals surface area contributed by atoms with Gasteiger partial charge in [0, 0.05) is 10.0 Å². The average Bonchev–Trinajstić information content (AvgIpc) is 2.41. The molecule has 0 saturated carbocycles. The minimum atomic E-state index is -1.55. The fourth-order valence-electron chi connectivity index (χ4n) is 2.12. The molecule has 0 amide bonds. The summed E-state index contributed by atoms with van der Waals surface area (Å²) in [5.74, 6) is -1.97. The number of hydrogen-bond acceptors (Lipinski definition) is 1. The molecule has 0 aromatic heterocycles. The monoisotopic (exact) mass is 326 g/mol. The van der Waals surface area contributed by atoms with Crippen LogP contribution in [0.4, 0.5) is 8.78 Å². The second-order valence-electron chi connectivity index (χ2n) is 4.33. The molecule has 0 fully saturated rings. The fourth-order valence-corrected chi connectivity index (χ4v) is 2.52. The van der Waals surface area contributed by atoms with E-state index in [2.05, 4.69) is 15.9 Å². The summed E-state index contributed by atoms with van der Waals surface area (Å²) in [6.07, 6.45) is 0.240. The second-order valence-corrected chi connectivity index (χ2v) is 5.24. The van der Waals surface area contributed by atoms with Crippen molar-refractivity contribution in [2.75, 3.05) is 0 Å². The van der Waals surface area contributed by atoms with Gasteiger partial charge >= 0.3 is 0 Å². The number of aliphatic hydroxyl groups is 1. The van der Waals surface area contributed by atoms with Crippen LogP contribution in [0.3, 0.4) is 0 Å². The third kappa shape index (κ3) is 2.55. The smallest absolute Gasteiger partial charge is 0.165 e. The van der Waals surface area contributed by atoms with Gasteiger partial charge in [0.05, 0.1) is 0 Å². The van der Waals surface area contributed by atoms with Crippen molar-refractivity contribution < 1.29 is 13.9 Å². The van der Waals surface area contributed by atoms with E-state index in [-0.39, 0.29) is 12.0 Å². The Morgan fingerprint density at radius 2 is 1.84 bits per heavy atom. The quantitative estimate of drug-likeness (QED) is 0.887. The zero-order chi connectivity index (χ0) is 14.0. The molecule has 0 aliphatic carbocycles. The third-order valence-corrected chi connectivity index (χ3v) is 3.70. The molecule has 2 aromatic carbocycles. The second kappa shape index (κ2) is 5.39. The first-order chi connectivity index (χ1) is 8.99. The molecule has 0 aliphatic heterocycles. The normalized spacial score (nSPS) is 14.2. The van der Waals surface area contributed by atoms with Gasteiger partial charge < -0.3 is 5.11 Å². The van der Waals surface area contributed by atoms with Gasteiger partial charge in [0.25, 0.3) is 0 Å². The van der Waals surface area contributed by atoms with Crippen molar-refractivity contribution in [3.8, 4) is 0 Å². The van der Waals surface area contributed by atoms with Gasteiger partial charge in [0.2, 0.25) is 0 Å². The van der Waals surface area contributed by atoms with E-state index in [0.717, 1.165) is 10.5 Å². The highest BCUT2D eigenvalue weighted by molar-refractivity contribution is 9.10. The summed E-state index contributed by atoms with van der Waals surface area (Å²) >= 11 is 3.31. The minimum absolute atomic E-state index is 0.0481. The molecule has 0 heterocycles. The van der Waals surface area contributed by atoms with Crippen LogP contribution < -0.4 is 0 Å². The summed E-state index contributed by atoms with van der Waals surface area (Å²) in [7, 11) is 0. The van der Waals surface area contributed by atoms with E-state index in [1.807, 2.05) is 6.07 Å². The van der Waals surface area contributed by atoms with Crippen LogP contribution in [0.25, 0.3) is 0 Å². The molecule has 2 rings (SSSR count). The lowest BCUT2D eigenvalue weighted by Crippen LogP contribution is -2.28. The number of rotatable bonds is 3. The van der Waals surface area contributed by atoms with Gasteiger partial charge in [-0.15, -0.1) is 0 Å². The van der Waals surface area contributed by atoms with Gasteiger partial charge in [-0.2, -0.15) is 0 Å². The van der Waals surface area contributed by atoms with Crippen molar-refractivity contribution in [2.45, 2.75) is 18.9 Å². The van der Waals surface area contributed by atoms with Crippen LogP contribution in [-0.4, -0.2) is 5.11 Å². The highest BCUT2D eigenvalue weighted by atomic mass is 79.9. The van der Waals surface area contributed by atoms with Crippen LogP contribution in [0.5, 0.6) is 0 Å². The molecule has 0 spiro atoms. The summed E-state index contributed by atoms with van der Waals surface area (Å²) in [5, 5.41) is 10.8. The summed E-state index contributed by atoms with van der Waals surface area (Å²) in [5.41, 5.74) is -1.07. The Morgan fingerprint density at radius 1 is 1.16 bits per heavy atom. The Kier molecular flexibility index (Phi) is 4.02. The van der Waals surface area contributed by atoms with Crippen molar-refractivity contribution in [3.05, 3.63) is 69.7 Å². The van der Waals surface area contributed by atoms with Gasteiger partial charge in [-0.25, -0.2) is 8.78 Å². The van der Waals surface area contributed by atoms with Gasteiger partial charge in [-0.3, -0.25) is 0 Å². The average molecular weight is 327 g/mol. The van der Waals surface area contributed by atoms with Crippen LogP contribution in [0.2, 0.25) is 0 Å². The molecule has 0 saturated heterocycles. The zero-order valence-electron chi connectivity index (χ0n) is 10.3. The van der Waals surface area contributed by atoms with Gasteiger partial charge in [-0.1, -0.05) is 47.1 Å². The maximum atomic E-state index is 13.9. The van der Waals surface area contributed by atoms with Gasteiger partial charge in [0.1, 0.15) is 5.60 Å². The van der Waals surface area contributed by atoms with Crippen molar-refractivity contribution >= 4 is 15.9 Å². The molecule has 100 valence electrons. The van der Waals surface area contributed by atoms with Crippen molar-refractivity contribution in [1.82, 2.24) is 0 Å². The van der Waals surface area contributed by atoms with E-state index in [4.69, 9.17) is 0 Å². The lowest BCUT2D eigenvalue weighted by Gasteiger charge is -2.28. The van der Waals surface area contributed by atoms with E-state index in [0.29, 0.717) is 5.56 Å². The van der Waals surface area contributed by atoms with Gasteiger partial charge in [-0.05, 0) is 30.2 Å². The minimum Gasteiger partial charge on any atom is -0.380 e. The first-order valence-corrected chi connectivity index (χ1v) is 6.71. The molecule has 2 aromatic rings. The van der Waals surface area contributed by atoms with Crippen LogP contribution in [0.1, 0.15) is 24.5 Å². The predicted molar refractivity (Wildman–Crippen MR) is 73.8 cm³/mol. The summed E-state index contributed by atoms with van der Waals surface area (Å²) in [6.45, 7) is 1.73. The standard InChI is InChI=1S/C15H13BrF2O/c1-2-15(19,10-5-3-6-11(16)9-10)12-7-4-8-13(17)14(12)18/h3-9,19H,2H2,1H3. The zero-order valence-corrected chi connectivity index (χ0v) is 11.9. The Hall–Kier alpha value is -1.26. The lowest BCUT2D eigenvalue weighted by molar-refractivity contribution is 0.0717. The molecular formula is C15H13BrF2O. The number of halogens is 3. The fraction of sp³-hybridized carbons (Fsp3) is 0.200.